The van der Waals surface area contributed by atoms with E-state index >= 15 is 0 Å². The van der Waals surface area contributed by atoms with Crippen molar-refractivity contribution < 1.29 is 14.5 Å². The molecule has 2 amide bonds. The minimum Gasteiger partial charge on any atom is -0.295 e. The molecule has 2 aromatic rings. The van der Waals surface area contributed by atoms with Crippen molar-refractivity contribution in [2.24, 2.45) is 0 Å². The monoisotopic (exact) mass is 296 g/mol. The summed E-state index contributed by atoms with van der Waals surface area (Å²) in [6.45, 7) is 0. The molecule has 1 N–H and O–H groups in total. The molecule has 1 aliphatic rings. The first-order valence-electron chi connectivity index (χ1n) is 6.69. The van der Waals surface area contributed by atoms with Crippen molar-refractivity contribution in [1.29, 1.82) is 0 Å². The Morgan fingerprint density at radius 3 is 2.23 bits per heavy atom. The molecule has 6 nitrogen and oxygen atoms in total. The topological polar surface area (TPSA) is 89.3 Å². The Labute approximate surface area is 125 Å². The highest BCUT2D eigenvalue weighted by atomic mass is 16.6. The molecule has 0 spiro atoms. The van der Waals surface area contributed by atoms with E-state index in [0.717, 1.165) is 0 Å². The van der Waals surface area contributed by atoms with E-state index < -0.39 is 22.2 Å². The van der Waals surface area contributed by atoms with Crippen molar-refractivity contribution >= 4 is 17.5 Å². The van der Waals surface area contributed by atoms with Crippen LogP contribution in [0.25, 0.3) is 0 Å². The van der Waals surface area contributed by atoms with Gasteiger partial charge in [0.1, 0.15) is 5.41 Å². The number of nitrogens with one attached hydrogen (secondary N) is 1. The zero-order valence-corrected chi connectivity index (χ0v) is 11.5. The first-order valence-corrected chi connectivity index (χ1v) is 6.69. The normalized spacial score (nSPS) is 20.7. The second kappa shape index (κ2) is 5.07. The van der Waals surface area contributed by atoms with Crippen LogP contribution in [0.2, 0.25) is 0 Å². The van der Waals surface area contributed by atoms with Crippen LogP contribution >= 0.6 is 0 Å². The van der Waals surface area contributed by atoms with E-state index in [2.05, 4.69) is 5.32 Å². The van der Waals surface area contributed by atoms with E-state index in [1.807, 2.05) is 0 Å². The van der Waals surface area contributed by atoms with Crippen molar-refractivity contribution in [3.63, 3.8) is 0 Å². The zero-order chi connectivity index (χ0) is 15.7. The third kappa shape index (κ3) is 1.96. The first kappa shape index (κ1) is 13.9. The highest BCUT2D eigenvalue weighted by Crippen LogP contribution is 2.42. The predicted molar refractivity (Wildman–Crippen MR) is 78.1 cm³/mol. The molecule has 1 atom stereocenters. The van der Waals surface area contributed by atoms with Gasteiger partial charge in [0, 0.05) is 12.5 Å². The lowest BCUT2D eigenvalue weighted by atomic mass is 9.72. The molecule has 3 rings (SSSR count). The number of nitro groups is 1. The Kier molecular flexibility index (Phi) is 3.21. The van der Waals surface area contributed by atoms with Gasteiger partial charge < -0.3 is 0 Å². The zero-order valence-electron chi connectivity index (χ0n) is 11.5. The summed E-state index contributed by atoms with van der Waals surface area (Å²) in [4.78, 5) is 35.1. The largest absolute Gasteiger partial charge is 0.295 e. The molecule has 0 aliphatic carbocycles. The van der Waals surface area contributed by atoms with Crippen LogP contribution in [0.3, 0.4) is 0 Å². The summed E-state index contributed by atoms with van der Waals surface area (Å²) >= 11 is 0. The van der Waals surface area contributed by atoms with Gasteiger partial charge in [0.2, 0.25) is 11.8 Å². The quantitative estimate of drug-likeness (QED) is 0.532. The molecule has 1 heterocycles. The van der Waals surface area contributed by atoms with E-state index in [0.29, 0.717) is 5.56 Å². The van der Waals surface area contributed by atoms with Crippen molar-refractivity contribution in [2.75, 3.05) is 0 Å². The molecule has 1 aliphatic heterocycles. The van der Waals surface area contributed by atoms with Crippen LogP contribution < -0.4 is 5.32 Å². The van der Waals surface area contributed by atoms with E-state index in [9.17, 15) is 19.7 Å². The van der Waals surface area contributed by atoms with Crippen LogP contribution in [0.4, 0.5) is 5.69 Å². The number of nitro benzene ring substituents is 1. The summed E-state index contributed by atoms with van der Waals surface area (Å²) < 4.78 is 0. The van der Waals surface area contributed by atoms with E-state index in [4.69, 9.17) is 0 Å². The molecule has 0 saturated carbocycles. The molecular weight excluding hydrogens is 284 g/mol. The molecule has 0 bridgehead atoms. The molecule has 0 aromatic heterocycles. The smallest absolute Gasteiger partial charge is 0.274 e. The summed E-state index contributed by atoms with van der Waals surface area (Å²) in [6.07, 6.45) is -0.138. The third-order valence-electron chi connectivity index (χ3n) is 3.89. The van der Waals surface area contributed by atoms with Gasteiger partial charge in [-0.15, -0.1) is 0 Å². The number of amides is 2. The van der Waals surface area contributed by atoms with Crippen molar-refractivity contribution in [2.45, 2.75) is 11.8 Å². The van der Waals surface area contributed by atoms with Gasteiger partial charge in [-0.25, -0.2) is 0 Å². The van der Waals surface area contributed by atoms with E-state index in [-0.39, 0.29) is 17.7 Å². The van der Waals surface area contributed by atoms with Gasteiger partial charge in [-0.1, -0.05) is 48.5 Å². The molecule has 6 heteroatoms. The van der Waals surface area contributed by atoms with E-state index in [1.54, 1.807) is 36.4 Å². The molecule has 110 valence electrons. The van der Waals surface area contributed by atoms with E-state index in [1.165, 1.54) is 18.2 Å². The van der Waals surface area contributed by atoms with Gasteiger partial charge in [0.15, 0.2) is 0 Å². The lowest BCUT2D eigenvalue weighted by Crippen LogP contribution is -2.37. The van der Waals surface area contributed by atoms with Crippen LogP contribution in [0.5, 0.6) is 0 Å². The highest BCUT2D eigenvalue weighted by Gasteiger charge is 2.52. The summed E-state index contributed by atoms with van der Waals surface area (Å²) in [5.74, 6) is -0.968. The van der Waals surface area contributed by atoms with Crippen molar-refractivity contribution in [3.8, 4) is 0 Å². The molecule has 0 radical (unpaired) electrons. The lowest BCUT2D eigenvalue weighted by molar-refractivity contribution is -0.385. The van der Waals surface area contributed by atoms with Crippen molar-refractivity contribution in [3.05, 3.63) is 75.8 Å². The minimum atomic E-state index is -1.36. The van der Waals surface area contributed by atoms with Crippen LogP contribution in [-0.4, -0.2) is 16.7 Å². The standard InChI is InChI=1S/C16H12N2O4/c19-14-10-16(15(20)17-14,11-6-2-1-3-7-11)12-8-4-5-9-13(12)18(21)22/h1-9H,10H2,(H,17,19,20). The maximum absolute atomic E-state index is 12.5. The SMILES string of the molecule is O=C1CC(c2ccccc2)(c2ccccc2[N+](=O)[O-])C(=O)N1. The Morgan fingerprint density at radius 2 is 1.64 bits per heavy atom. The minimum absolute atomic E-state index is 0.138. The predicted octanol–water partition coefficient (Wildman–Crippen LogP) is 1.93. The molecule has 1 fully saturated rings. The molecular formula is C16H12N2O4. The maximum Gasteiger partial charge on any atom is 0.274 e. The van der Waals surface area contributed by atoms with Crippen LogP contribution in [0.15, 0.2) is 54.6 Å². The summed E-state index contributed by atoms with van der Waals surface area (Å²) in [5, 5.41) is 13.6. The number of rotatable bonds is 3. The number of hydrogen-bond donors (Lipinski definition) is 1. The number of carbonyl (C=O) groups excluding carboxylic acids is 2. The molecule has 1 unspecified atom stereocenters. The van der Waals surface area contributed by atoms with Crippen LogP contribution in [-0.2, 0) is 15.0 Å². The number of carbonyl (C=O) groups is 2. The number of hydrogen-bond acceptors (Lipinski definition) is 4. The number of imide groups is 1. The number of para-hydroxylation sites is 1. The average Bonchev–Trinajstić information content (AvgIpc) is 2.83. The molecule has 22 heavy (non-hydrogen) atoms. The van der Waals surface area contributed by atoms with Crippen LogP contribution in [0, 0.1) is 10.1 Å². The Hall–Kier alpha value is -3.02. The Morgan fingerprint density at radius 1 is 1.00 bits per heavy atom. The van der Waals surface area contributed by atoms with Gasteiger partial charge in [0.25, 0.3) is 5.69 Å². The summed E-state index contributed by atoms with van der Waals surface area (Å²) in [5.41, 5.74) is -0.736. The third-order valence-corrected chi connectivity index (χ3v) is 3.89. The average molecular weight is 296 g/mol. The molecule has 1 saturated heterocycles. The second-order valence-corrected chi connectivity index (χ2v) is 5.10. The maximum atomic E-state index is 12.5. The fourth-order valence-corrected chi connectivity index (χ4v) is 2.92. The van der Waals surface area contributed by atoms with Gasteiger partial charge >= 0.3 is 0 Å². The Balaban J connectivity index is 2.32. The second-order valence-electron chi connectivity index (χ2n) is 5.10. The van der Waals surface area contributed by atoms with Gasteiger partial charge in [0.05, 0.1) is 10.5 Å². The van der Waals surface area contributed by atoms with Crippen molar-refractivity contribution in [1.82, 2.24) is 5.32 Å². The summed E-state index contributed by atoms with van der Waals surface area (Å²) in [6, 6.07) is 14.7. The van der Waals surface area contributed by atoms with Gasteiger partial charge in [-0.05, 0) is 5.56 Å². The lowest BCUT2D eigenvalue weighted by Gasteiger charge is -2.26. The Bertz CT molecular complexity index is 773. The number of nitrogens with zero attached hydrogens (tertiary/aromatic N) is 1. The van der Waals surface area contributed by atoms with Gasteiger partial charge in [-0.3, -0.25) is 25.0 Å². The summed E-state index contributed by atoms with van der Waals surface area (Å²) in [7, 11) is 0. The molecule has 2 aromatic carbocycles. The number of benzene rings is 2. The highest BCUT2D eigenvalue weighted by molar-refractivity contribution is 6.11. The first-order chi connectivity index (χ1) is 10.6. The fourth-order valence-electron chi connectivity index (χ4n) is 2.92. The fraction of sp³-hybridized carbons (Fsp3) is 0.125. The van der Waals surface area contributed by atoms with Gasteiger partial charge in [-0.2, -0.15) is 0 Å². The van der Waals surface area contributed by atoms with Crippen LogP contribution in [0.1, 0.15) is 17.5 Å².